The van der Waals surface area contributed by atoms with Crippen molar-refractivity contribution in [1.29, 1.82) is 0 Å². The highest BCUT2D eigenvalue weighted by molar-refractivity contribution is 5.87. The summed E-state index contributed by atoms with van der Waals surface area (Å²) >= 11 is 0. The Hall–Kier alpha value is -4.20. The van der Waals surface area contributed by atoms with Crippen LogP contribution >= 0.6 is 0 Å². The van der Waals surface area contributed by atoms with Gasteiger partial charge in [0, 0.05) is 11.1 Å². The van der Waals surface area contributed by atoms with E-state index in [0.29, 0.717) is 22.6 Å². The van der Waals surface area contributed by atoms with Crippen molar-refractivity contribution < 1.29 is 22.3 Å². The molecule has 0 radical (unpaired) electrons. The van der Waals surface area contributed by atoms with Gasteiger partial charge < -0.3 is 4.74 Å². The van der Waals surface area contributed by atoms with E-state index < -0.39 is 11.7 Å². The number of aromatic nitrogens is 3. The summed E-state index contributed by atoms with van der Waals surface area (Å²) in [6.45, 7) is 5.49. The number of hydrogen-bond acceptors (Lipinski definition) is 3. The highest BCUT2D eigenvalue weighted by Gasteiger charge is 2.36. The van der Waals surface area contributed by atoms with E-state index in [4.69, 9.17) is 4.74 Å². The van der Waals surface area contributed by atoms with Gasteiger partial charge in [-0.15, -0.1) is 0 Å². The first-order chi connectivity index (χ1) is 17.6. The second kappa shape index (κ2) is 9.35. The van der Waals surface area contributed by atoms with Crippen molar-refractivity contribution in [3.05, 3.63) is 107 Å². The average Bonchev–Trinajstić information content (AvgIpc) is 3.20. The summed E-state index contributed by atoms with van der Waals surface area (Å²) in [5, 5.41) is 4.39. The second-order valence-corrected chi connectivity index (χ2v) is 8.92. The van der Waals surface area contributed by atoms with Crippen molar-refractivity contribution in [2.75, 3.05) is 0 Å². The Morgan fingerprint density at radius 1 is 0.865 bits per heavy atom. The SMILES string of the molecule is Cc1ccc(-n2nc(C)c3c(C(F)(F)F)cc(-c4ccc(OCc5ccccc5F)cc4)nc32)cc1C. The Balaban J connectivity index is 1.56. The molecule has 0 aliphatic rings. The Labute approximate surface area is 211 Å². The number of rotatable bonds is 5. The molecule has 0 aliphatic carbocycles. The predicted molar refractivity (Wildman–Crippen MR) is 134 cm³/mol. The van der Waals surface area contributed by atoms with Gasteiger partial charge in [-0.2, -0.15) is 18.3 Å². The maximum absolute atomic E-state index is 14.2. The van der Waals surface area contributed by atoms with Crippen LogP contribution in [0.2, 0.25) is 0 Å². The summed E-state index contributed by atoms with van der Waals surface area (Å²) in [5.74, 6) is 0.0899. The van der Waals surface area contributed by atoms with Crippen LogP contribution in [-0.2, 0) is 12.8 Å². The summed E-state index contributed by atoms with van der Waals surface area (Å²) < 4.78 is 63.5. The maximum Gasteiger partial charge on any atom is 0.417 e. The molecule has 0 saturated carbocycles. The van der Waals surface area contributed by atoms with Crippen LogP contribution in [0.5, 0.6) is 5.75 Å². The molecule has 0 amide bonds. The van der Waals surface area contributed by atoms with Crippen molar-refractivity contribution in [3.8, 4) is 22.7 Å². The first-order valence-electron chi connectivity index (χ1n) is 11.6. The Morgan fingerprint density at radius 2 is 1.59 bits per heavy atom. The van der Waals surface area contributed by atoms with E-state index >= 15 is 0 Å². The number of hydrogen-bond donors (Lipinski definition) is 0. The van der Waals surface area contributed by atoms with E-state index in [1.807, 2.05) is 32.0 Å². The molecular weight excluding hydrogens is 482 g/mol. The number of alkyl halides is 3. The van der Waals surface area contributed by atoms with Crippen molar-refractivity contribution in [2.45, 2.75) is 33.6 Å². The van der Waals surface area contributed by atoms with E-state index in [1.54, 1.807) is 49.4 Å². The minimum Gasteiger partial charge on any atom is -0.489 e. The lowest BCUT2D eigenvalue weighted by Gasteiger charge is -2.13. The molecule has 4 nitrogen and oxygen atoms in total. The fraction of sp³-hybridized carbons (Fsp3) is 0.172. The lowest BCUT2D eigenvalue weighted by molar-refractivity contribution is -0.136. The highest BCUT2D eigenvalue weighted by atomic mass is 19.4. The van der Waals surface area contributed by atoms with E-state index in [2.05, 4.69) is 10.1 Å². The summed E-state index contributed by atoms with van der Waals surface area (Å²) in [4.78, 5) is 4.61. The van der Waals surface area contributed by atoms with E-state index in [0.717, 1.165) is 17.2 Å². The molecule has 2 aromatic heterocycles. The lowest BCUT2D eigenvalue weighted by Crippen LogP contribution is -2.08. The number of pyridine rings is 1. The zero-order valence-electron chi connectivity index (χ0n) is 20.4. The van der Waals surface area contributed by atoms with Gasteiger partial charge in [-0.1, -0.05) is 24.3 Å². The van der Waals surface area contributed by atoms with Crippen LogP contribution in [0.3, 0.4) is 0 Å². The summed E-state index contributed by atoms with van der Waals surface area (Å²) in [5.41, 5.74) is 3.33. The van der Waals surface area contributed by atoms with Gasteiger partial charge in [-0.05, 0) is 80.4 Å². The molecule has 0 atom stereocenters. The van der Waals surface area contributed by atoms with Gasteiger partial charge in [0.15, 0.2) is 5.65 Å². The Kier molecular flexibility index (Phi) is 6.19. The quantitative estimate of drug-likeness (QED) is 0.229. The zero-order chi connectivity index (χ0) is 26.3. The summed E-state index contributed by atoms with van der Waals surface area (Å²) in [7, 11) is 0. The van der Waals surface area contributed by atoms with Gasteiger partial charge >= 0.3 is 6.18 Å². The van der Waals surface area contributed by atoms with Gasteiger partial charge in [0.1, 0.15) is 18.2 Å². The molecule has 0 unspecified atom stereocenters. The van der Waals surface area contributed by atoms with Crippen molar-refractivity contribution in [3.63, 3.8) is 0 Å². The summed E-state index contributed by atoms with van der Waals surface area (Å²) in [6, 6.07) is 19.5. The van der Waals surface area contributed by atoms with Crippen LogP contribution < -0.4 is 4.74 Å². The molecule has 2 heterocycles. The topological polar surface area (TPSA) is 39.9 Å². The van der Waals surface area contributed by atoms with Crippen molar-refractivity contribution in [1.82, 2.24) is 14.8 Å². The van der Waals surface area contributed by atoms with Crippen molar-refractivity contribution >= 4 is 11.0 Å². The Morgan fingerprint density at radius 3 is 2.27 bits per heavy atom. The number of aryl methyl sites for hydroxylation is 3. The third-order valence-electron chi connectivity index (χ3n) is 6.36. The molecule has 0 bridgehead atoms. The number of ether oxygens (including phenoxy) is 1. The van der Waals surface area contributed by atoms with Crippen LogP contribution in [0, 0.1) is 26.6 Å². The fourth-order valence-electron chi connectivity index (χ4n) is 4.20. The molecule has 5 aromatic rings. The van der Waals surface area contributed by atoms with Gasteiger partial charge in [0.25, 0.3) is 0 Å². The largest absolute Gasteiger partial charge is 0.489 e. The van der Waals surface area contributed by atoms with Crippen LogP contribution in [0.25, 0.3) is 28.0 Å². The molecule has 5 rings (SSSR count). The normalized spacial score (nSPS) is 11.8. The lowest BCUT2D eigenvalue weighted by atomic mass is 10.0. The van der Waals surface area contributed by atoms with Gasteiger partial charge in [0.2, 0.25) is 0 Å². The van der Waals surface area contributed by atoms with Gasteiger partial charge in [-0.3, -0.25) is 0 Å². The van der Waals surface area contributed by atoms with Crippen LogP contribution in [-0.4, -0.2) is 14.8 Å². The number of nitrogens with zero attached hydrogens (tertiary/aromatic N) is 3. The molecule has 3 aromatic carbocycles. The molecule has 0 saturated heterocycles. The highest BCUT2D eigenvalue weighted by Crippen LogP contribution is 2.39. The average molecular weight is 506 g/mol. The summed E-state index contributed by atoms with van der Waals surface area (Å²) in [6.07, 6.45) is -4.60. The number of halogens is 4. The standard InChI is InChI=1S/C29H23F4N3O/c1-17-8-11-22(14-18(17)2)36-28-27(19(3)35-36)24(29(31,32)33)15-26(34-28)20-9-12-23(13-10-20)37-16-21-6-4-5-7-25(21)30/h4-15H,16H2,1-3H3. The minimum absolute atomic E-state index is 0.0284. The third kappa shape index (κ3) is 4.79. The monoisotopic (exact) mass is 505 g/mol. The Bertz CT molecular complexity index is 1600. The molecular formula is C29H23F4N3O. The second-order valence-electron chi connectivity index (χ2n) is 8.92. The van der Waals surface area contributed by atoms with Crippen LogP contribution in [0.1, 0.15) is 27.9 Å². The first kappa shape index (κ1) is 24.5. The zero-order valence-corrected chi connectivity index (χ0v) is 20.4. The third-order valence-corrected chi connectivity index (χ3v) is 6.36. The van der Waals surface area contributed by atoms with E-state index in [9.17, 15) is 17.6 Å². The number of benzene rings is 3. The van der Waals surface area contributed by atoms with Crippen molar-refractivity contribution in [2.24, 2.45) is 0 Å². The smallest absolute Gasteiger partial charge is 0.417 e. The maximum atomic E-state index is 14.2. The molecule has 37 heavy (non-hydrogen) atoms. The minimum atomic E-state index is -4.60. The molecule has 0 N–H and O–H groups in total. The van der Waals surface area contributed by atoms with E-state index in [-0.39, 0.29) is 34.8 Å². The van der Waals surface area contributed by atoms with Crippen LogP contribution in [0.4, 0.5) is 17.6 Å². The number of fused-ring (bicyclic) bond motifs is 1. The van der Waals surface area contributed by atoms with Gasteiger partial charge in [-0.25, -0.2) is 14.1 Å². The molecule has 188 valence electrons. The molecule has 0 fully saturated rings. The molecule has 8 heteroatoms. The molecule has 0 aliphatic heterocycles. The van der Waals surface area contributed by atoms with E-state index in [1.165, 1.54) is 10.7 Å². The fourth-order valence-corrected chi connectivity index (χ4v) is 4.20. The van der Waals surface area contributed by atoms with Crippen LogP contribution in [0.15, 0.2) is 72.8 Å². The molecule has 0 spiro atoms. The van der Waals surface area contributed by atoms with Gasteiger partial charge in [0.05, 0.1) is 28.0 Å². The first-order valence-corrected chi connectivity index (χ1v) is 11.6. The predicted octanol–water partition coefficient (Wildman–Crippen LogP) is 7.75.